The number of guanidine groups is 1. The SMILES string of the molecule is CN=C(NCCCc1nnc(SC)n1CC(C)C)NCCSC.I. The lowest BCUT2D eigenvalue weighted by Gasteiger charge is -2.13. The average Bonchev–Trinajstić information content (AvgIpc) is 2.91. The quantitative estimate of drug-likeness (QED) is 0.174. The minimum atomic E-state index is 0. The van der Waals surface area contributed by atoms with E-state index in [0.29, 0.717) is 5.92 Å². The van der Waals surface area contributed by atoms with Crippen LogP contribution in [-0.2, 0) is 13.0 Å². The minimum absolute atomic E-state index is 0. The van der Waals surface area contributed by atoms with Gasteiger partial charge in [0, 0.05) is 38.9 Å². The van der Waals surface area contributed by atoms with Crippen LogP contribution in [0.5, 0.6) is 0 Å². The van der Waals surface area contributed by atoms with Gasteiger partial charge in [-0.2, -0.15) is 11.8 Å². The topological polar surface area (TPSA) is 67.1 Å². The molecular formula is C15H31IN6S2. The van der Waals surface area contributed by atoms with E-state index in [1.54, 1.807) is 18.8 Å². The summed E-state index contributed by atoms with van der Waals surface area (Å²) in [6.45, 7) is 7.23. The van der Waals surface area contributed by atoms with Crippen molar-refractivity contribution >= 4 is 53.5 Å². The Labute approximate surface area is 171 Å². The van der Waals surface area contributed by atoms with Crippen molar-refractivity contribution in [2.45, 2.75) is 38.4 Å². The van der Waals surface area contributed by atoms with Crippen LogP contribution < -0.4 is 10.6 Å². The van der Waals surface area contributed by atoms with Crippen molar-refractivity contribution in [2.75, 3.05) is 38.4 Å². The number of nitrogens with zero attached hydrogens (tertiary/aromatic N) is 4. The zero-order valence-corrected chi connectivity index (χ0v) is 19.3. The third kappa shape index (κ3) is 8.80. The summed E-state index contributed by atoms with van der Waals surface area (Å²) in [6, 6.07) is 0. The van der Waals surface area contributed by atoms with Gasteiger partial charge < -0.3 is 15.2 Å². The van der Waals surface area contributed by atoms with Crippen molar-refractivity contribution in [1.29, 1.82) is 0 Å². The van der Waals surface area contributed by atoms with Gasteiger partial charge in [0.15, 0.2) is 11.1 Å². The van der Waals surface area contributed by atoms with Gasteiger partial charge in [-0.3, -0.25) is 4.99 Å². The summed E-state index contributed by atoms with van der Waals surface area (Å²) in [6.07, 6.45) is 6.09. The van der Waals surface area contributed by atoms with Crippen molar-refractivity contribution in [1.82, 2.24) is 25.4 Å². The Kier molecular flexibility index (Phi) is 14.0. The summed E-state index contributed by atoms with van der Waals surface area (Å²) in [5.74, 6) is 3.62. The van der Waals surface area contributed by atoms with Crippen LogP contribution in [0.2, 0.25) is 0 Å². The number of halogens is 1. The number of aliphatic imine (C=N–C) groups is 1. The maximum atomic E-state index is 4.35. The van der Waals surface area contributed by atoms with Crippen LogP contribution in [0.3, 0.4) is 0 Å². The minimum Gasteiger partial charge on any atom is -0.356 e. The van der Waals surface area contributed by atoms with E-state index in [-0.39, 0.29) is 24.0 Å². The molecular weight excluding hydrogens is 455 g/mol. The predicted molar refractivity (Wildman–Crippen MR) is 118 cm³/mol. The molecule has 0 aliphatic rings. The largest absolute Gasteiger partial charge is 0.356 e. The van der Waals surface area contributed by atoms with E-state index >= 15 is 0 Å². The highest BCUT2D eigenvalue weighted by Gasteiger charge is 2.12. The third-order valence-corrected chi connectivity index (χ3v) is 4.50. The van der Waals surface area contributed by atoms with Crippen molar-refractivity contribution in [2.24, 2.45) is 10.9 Å². The molecule has 0 aliphatic carbocycles. The number of aromatic nitrogens is 3. The monoisotopic (exact) mass is 486 g/mol. The molecule has 0 bridgehead atoms. The summed E-state index contributed by atoms with van der Waals surface area (Å²) in [5, 5.41) is 16.3. The fourth-order valence-corrected chi connectivity index (χ4v) is 2.98. The summed E-state index contributed by atoms with van der Waals surface area (Å²) < 4.78 is 2.25. The molecule has 24 heavy (non-hydrogen) atoms. The van der Waals surface area contributed by atoms with Crippen LogP contribution in [0.4, 0.5) is 0 Å². The van der Waals surface area contributed by atoms with Crippen LogP contribution in [0, 0.1) is 5.92 Å². The first-order chi connectivity index (χ1) is 11.1. The molecule has 9 heteroatoms. The Morgan fingerprint density at radius 3 is 2.50 bits per heavy atom. The van der Waals surface area contributed by atoms with Gasteiger partial charge in [0.05, 0.1) is 0 Å². The Balaban J connectivity index is 0.00000529. The molecule has 140 valence electrons. The third-order valence-electron chi connectivity index (χ3n) is 3.22. The molecule has 0 atom stereocenters. The molecule has 0 spiro atoms. The van der Waals surface area contributed by atoms with E-state index in [4.69, 9.17) is 0 Å². The maximum Gasteiger partial charge on any atom is 0.191 e. The molecule has 0 radical (unpaired) electrons. The highest BCUT2D eigenvalue weighted by atomic mass is 127. The maximum absolute atomic E-state index is 4.35. The molecule has 0 unspecified atom stereocenters. The molecule has 0 amide bonds. The Hall–Kier alpha value is -0.160. The van der Waals surface area contributed by atoms with Crippen molar-refractivity contribution in [3.8, 4) is 0 Å². The lowest BCUT2D eigenvalue weighted by Crippen LogP contribution is -2.38. The molecule has 2 N–H and O–H groups in total. The molecule has 1 rings (SSSR count). The number of rotatable bonds is 10. The molecule has 0 aliphatic heterocycles. The van der Waals surface area contributed by atoms with Gasteiger partial charge in [-0.15, -0.1) is 34.2 Å². The molecule has 0 aromatic carbocycles. The number of hydrogen-bond donors (Lipinski definition) is 2. The standard InChI is InChI=1S/C15H30N6S2.HI/c1-12(2)11-21-13(19-20-15(21)23-5)7-6-8-17-14(16-3)18-9-10-22-4;/h12H,6-11H2,1-5H3,(H2,16,17,18);1H. The first-order valence-electron chi connectivity index (χ1n) is 8.01. The van der Waals surface area contributed by atoms with Gasteiger partial charge in [0.2, 0.25) is 0 Å². The van der Waals surface area contributed by atoms with E-state index in [1.165, 1.54) is 0 Å². The van der Waals surface area contributed by atoms with Crippen LogP contribution in [0.15, 0.2) is 10.1 Å². The van der Waals surface area contributed by atoms with Crippen LogP contribution in [0.1, 0.15) is 26.1 Å². The number of hydrogen-bond acceptors (Lipinski definition) is 5. The summed E-state index contributed by atoms with van der Waals surface area (Å²) in [5.41, 5.74) is 0. The lowest BCUT2D eigenvalue weighted by atomic mass is 10.2. The van der Waals surface area contributed by atoms with E-state index in [0.717, 1.165) is 55.2 Å². The second-order valence-corrected chi connectivity index (χ2v) is 7.39. The van der Waals surface area contributed by atoms with Crippen LogP contribution in [0.25, 0.3) is 0 Å². The van der Waals surface area contributed by atoms with E-state index in [2.05, 4.69) is 56.7 Å². The van der Waals surface area contributed by atoms with Gasteiger partial charge in [0.1, 0.15) is 5.82 Å². The summed E-state index contributed by atoms with van der Waals surface area (Å²) in [7, 11) is 1.80. The molecule has 0 saturated carbocycles. The smallest absolute Gasteiger partial charge is 0.191 e. The van der Waals surface area contributed by atoms with Gasteiger partial charge in [-0.1, -0.05) is 25.6 Å². The van der Waals surface area contributed by atoms with Crippen LogP contribution in [-0.4, -0.2) is 59.1 Å². The van der Waals surface area contributed by atoms with Gasteiger partial charge in [0.25, 0.3) is 0 Å². The number of nitrogens with one attached hydrogen (secondary N) is 2. The lowest BCUT2D eigenvalue weighted by molar-refractivity contribution is 0.477. The Morgan fingerprint density at radius 1 is 1.21 bits per heavy atom. The van der Waals surface area contributed by atoms with Gasteiger partial charge in [-0.25, -0.2) is 0 Å². The fourth-order valence-electron chi connectivity index (χ4n) is 2.15. The van der Waals surface area contributed by atoms with E-state index < -0.39 is 0 Å². The average molecular weight is 486 g/mol. The highest BCUT2D eigenvalue weighted by Crippen LogP contribution is 2.16. The predicted octanol–water partition coefficient (Wildman–Crippen LogP) is 2.73. The Bertz CT molecular complexity index is 479. The van der Waals surface area contributed by atoms with Gasteiger partial charge >= 0.3 is 0 Å². The highest BCUT2D eigenvalue weighted by molar-refractivity contribution is 14.0. The number of thioether (sulfide) groups is 2. The van der Waals surface area contributed by atoms with E-state index in [9.17, 15) is 0 Å². The normalized spacial score (nSPS) is 11.5. The Morgan fingerprint density at radius 2 is 1.92 bits per heavy atom. The van der Waals surface area contributed by atoms with E-state index in [1.807, 2.05) is 11.8 Å². The van der Waals surface area contributed by atoms with Crippen molar-refractivity contribution < 1.29 is 0 Å². The molecule has 1 aromatic heterocycles. The van der Waals surface area contributed by atoms with Crippen molar-refractivity contribution in [3.63, 3.8) is 0 Å². The molecule has 0 saturated heterocycles. The fraction of sp³-hybridized carbons (Fsp3) is 0.800. The molecule has 1 heterocycles. The van der Waals surface area contributed by atoms with Gasteiger partial charge in [-0.05, 0) is 24.9 Å². The molecule has 0 fully saturated rings. The zero-order chi connectivity index (χ0) is 17.1. The zero-order valence-electron chi connectivity index (χ0n) is 15.3. The molecule has 6 nitrogen and oxygen atoms in total. The second-order valence-electron chi connectivity index (χ2n) is 5.63. The summed E-state index contributed by atoms with van der Waals surface area (Å²) in [4.78, 5) is 4.23. The van der Waals surface area contributed by atoms with Crippen LogP contribution >= 0.6 is 47.5 Å². The first-order valence-corrected chi connectivity index (χ1v) is 10.6. The number of aryl methyl sites for hydroxylation is 1. The second kappa shape index (κ2) is 14.1. The summed E-state index contributed by atoms with van der Waals surface area (Å²) >= 11 is 3.49. The molecule has 1 aromatic rings. The van der Waals surface area contributed by atoms with Crippen molar-refractivity contribution in [3.05, 3.63) is 5.82 Å². The first kappa shape index (κ1) is 23.8.